The first-order valence-corrected chi connectivity index (χ1v) is 9.05. The van der Waals surface area contributed by atoms with E-state index in [2.05, 4.69) is 50.1 Å². The molecule has 0 bridgehead atoms. The average Bonchev–Trinajstić information content (AvgIpc) is 3.24. The molecule has 1 aromatic carbocycles. The van der Waals surface area contributed by atoms with E-state index in [1.54, 1.807) is 0 Å². The summed E-state index contributed by atoms with van der Waals surface area (Å²) in [5, 5.41) is 4.98. The van der Waals surface area contributed by atoms with E-state index in [9.17, 15) is 0 Å². The van der Waals surface area contributed by atoms with E-state index >= 15 is 0 Å². The molecular formula is C20H21N5. The fourth-order valence-corrected chi connectivity index (χ4v) is 3.94. The van der Waals surface area contributed by atoms with E-state index in [4.69, 9.17) is 4.98 Å². The minimum atomic E-state index is 0.519. The van der Waals surface area contributed by atoms with E-state index in [0.717, 1.165) is 28.2 Å². The topological polar surface area (TPSA) is 58.0 Å². The molecule has 0 unspecified atom stereocenters. The van der Waals surface area contributed by atoms with Gasteiger partial charge in [0, 0.05) is 41.1 Å². The second kappa shape index (κ2) is 5.92. The smallest absolute Gasteiger partial charge is 0.157 e. The van der Waals surface area contributed by atoms with Crippen molar-refractivity contribution in [1.82, 2.24) is 19.4 Å². The van der Waals surface area contributed by atoms with Gasteiger partial charge in [-0.25, -0.2) is 4.98 Å². The van der Waals surface area contributed by atoms with Crippen molar-refractivity contribution in [2.75, 3.05) is 5.32 Å². The zero-order chi connectivity index (χ0) is 16.6. The van der Waals surface area contributed by atoms with Crippen molar-refractivity contribution in [3.63, 3.8) is 0 Å². The van der Waals surface area contributed by atoms with Crippen molar-refractivity contribution in [3.8, 4) is 11.3 Å². The third-order valence-corrected chi connectivity index (χ3v) is 5.22. The van der Waals surface area contributed by atoms with Crippen LogP contribution in [0.4, 0.5) is 5.82 Å². The molecule has 126 valence electrons. The summed E-state index contributed by atoms with van der Waals surface area (Å²) in [6.07, 6.45) is 14.1. The molecule has 0 aliphatic heterocycles. The quantitative estimate of drug-likeness (QED) is 0.576. The summed E-state index contributed by atoms with van der Waals surface area (Å²) in [6.45, 7) is 0. The van der Waals surface area contributed by atoms with Crippen LogP contribution < -0.4 is 5.32 Å². The molecule has 3 aromatic heterocycles. The molecule has 0 radical (unpaired) electrons. The van der Waals surface area contributed by atoms with Crippen LogP contribution in [-0.4, -0.2) is 25.4 Å². The highest BCUT2D eigenvalue weighted by molar-refractivity contribution is 5.97. The van der Waals surface area contributed by atoms with Gasteiger partial charge in [-0.2, -0.15) is 0 Å². The summed E-state index contributed by atoms with van der Waals surface area (Å²) >= 11 is 0. The number of fused-ring (bicyclic) bond motifs is 2. The first-order chi connectivity index (χ1) is 12.4. The van der Waals surface area contributed by atoms with Gasteiger partial charge in [0.1, 0.15) is 11.5 Å². The van der Waals surface area contributed by atoms with E-state index in [-0.39, 0.29) is 0 Å². The maximum atomic E-state index is 4.89. The lowest BCUT2D eigenvalue weighted by Crippen LogP contribution is -2.23. The Hall–Kier alpha value is -2.82. The minimum absolute atomic E-state index is 0.519. The lowest BCUT2D eigenvalue weighted by atomic mass is 9.95. The van der Waals surface area contributed by atoms with Gasteiger partial charge in [-0.05, 0) is 18.9 Å². The van der Waals surface area contributed by atoms with Gasteiger partial charge < -0.3 is 10.3 Å². The average molecular weight is 331 g/mol. The Morgan fingerprint density at radius 1 is 1.12 bits per heavy atom. The molecule has 2 N–H and O–H groups in total. The Balaban J connectivity index is 1.67. The monoisotopic (exact) mass is 331 g/mol. The molecule has 0 spiro atoms. The lowest BCUT2D eigenvalue weighted by molar-refractivity contribution is 0.462. The van der Waals surface area contributed by atoms with Crippen LogP contribution in [0.25, 0.3) is 27.8 Å². The zero-order valence-corrected chi connectivity index (χ0v) is 14.1. The Morgan fingerprint density at radius 2 is 2.00 bits per heavy atom. The molecule has 5 nitrogen and oxygen atoms in total. The summed E-state index contributed by atoms with van der Waals surface area (Å²) in [5.74, 6) is 1.08. The summed E-state index contributed by atoms with van der Waals surface area (Å²) in [4.78, 5) is 12.5. The number of hydrogen-bond acceptors (Lipinski definition) is 3. The first-order valence-electron chi connectivity index (χ1n) is 9.05. The van der Waals surface area contributed by atoms with Crippen LogP contribution in [0, 0.1) is 0 Å². The lowest BCUT2D eigenvalue weighted by Gasteiger charge is -2.24. The summed E-state index contributed by atoms with van der Waals surface area (Å²) in [6, 6.07) is 8.90. The molecule has 0 amide bonds. The van der Waals surface area contributed by atoms with Crippen LogP contribution in [-0.2, 0) is 0 Å². The van der Waals surface area contributed by atoms with E-state index < -0.39 is 0 Å². The molecule has 1 saturated carbocycles. The second-order valence-corrected chi connectivity index (χ2v) is 6.84. The number of benzene rings is 1. The largest absolute Gasteiger partial charge is 0.367 e. The van der Waals surface area contributed by atoms with Crippen LogP contribution >= 0.6 is 0 Å². The fraction of sp³-hybridized carbons (Fsp3) is 0.300. The molecule has 5 rings (SSSR count). The highest BCUT2D eigenvalue weighted by atomic mass is 15.2. The van der Waals surface area contributed by atoms with Gasteiger partial charge in [-0.3, -0.25) is 9.38 Å². The SMILES string of the molecule is c1ccc2c(-c3nc4cnccn4c3NC3CCCCC3)c[nH]c2c1. The third kappa shape index (κ3) is 2.47. The van der Waals surface area contributed by atoms with Crippen LogP contribution in [0.3, 0.4) is 0 Å². The van der Waals surface area contributed by atoms with E-state index in [0.29, 0.717) is 6.04 Å². The predicted molar refractivity (Wildman–Crippen MR) is 101 cm³/mol. The third-order valence-electron chi connectivity index (χ3n) is 5.22. The zero-order valence-electron chi connectivity index (χ0n) is 14.1. The molecule has 4 aromatic rings. The van der Waals surface area contributed by atoms with Crippen molar-refractivity contribution in [3.05, 3.63) is 49.1 Å². The van der Waals surface area contributed by atoms with E-state index in [1.165, 1.54) is 37.5 Å². The van der Waals surface area contributed by atoms with Gasteiger partial charge in [0.05, 0.1) is 6.20 Å². The van der Waals surface area contributed by atoms with Crippen LogP contribution in [0.15, 0.2) is 49.1 Å². The van der Waals surface area contributed by atoms with Crippen molar-refractivity contribution >= 4 is 22.4 Å². The van der Waals surface area contributed by atoms with Crippen molar-refractivity contribution in [1.29, 1.82) is 0 Å². The molecule has 5 heteroatoms. The second-order valence-electron chi connectivity index (χ2n) is 6.84. The first kappa shape index (κ1) is 14.5. The van der Waals surface area contributed by atoms with Gasteiger partial charge in [-0.15, -0.1) is 0 Å². The number of imidazole rings is 1. The number of anilines is 1. The number of H-pyrrole nitrogens is 1. The fourth-order valence-electron chi connectivity index (χ4n) is 3.94. The molecule has 1 fully saturated rings. The summed E-state index contributed by atoms with van der Waals surface area (Å²) < 4.78 is 2.12. The minimum Gasteiger partial charge on any atom is -0.367 e. The number of para-hydroxylation sites is 1. The number of aromatic amines is 1. The molecule has 0 atom stereocenters. The summed E-state index contributed by atoms with van der Waals surface area (Å²) in [7, 11) is 0. The van der Waals surface area contributed by atoms with Crippen LogP contribution in [0.2, 0.25) is 0 Å². The van der Waals surface area contributed by atoms with Crippen LogP contribution in [0.1, 0.15) is 32.1 Å². The van der Waals surface area contributed by atoms with Gasteiger partial charge in [-0.1, -0.05) is 37.5 Å². The predicted octanol–water partition coefficient (Wildman–Crippen LogP) is 4.62. The highest BCUT2D eigenvalue weighted by Gasteiger charge is 2.21. The normalized spacial score (nSPS) is 15.8. The molecule has 1 aliphatic rings. The maximum absolute atomic E-state index is 4.89. The Labute approximate surface area is 146 Å². The van der Waals surface area contributed by atoms with Crippen molar-refractivity contribution < 1.29 is 0 Å². The number of nitrogens with one attached hydrogen (secondary N) is 2. The number of rotatable bonds is 3. The number of hydrogen-bond donors (Lipinski definition) is 2. The molecule has 1 aliphatic carbocycles. The molecule has 3 heterocycles. The number of nitrogens with zero attached hydrogens (tertiary/aromatic N) is 3. The van der Waals surface area contributed by atoms with E-state index in [1.807, 2.05) is 18.6 Å². The van der Waals surface area contributed by atoms with Gasteiger partial charge >= 0.3 is 0 Å². The Morgan fingerprint density at radius 3 is 2.92 bits per heavy atom. The maximum Gasteiger partial charge on any atom is 0.157 e. The Bertz CT molecular complexity index is 1020. The Kier molecular flexibility index (Phi) is 3.44. The van der Waals surface area contributed by atoms with Gasteiger partial charge in [0.2, 0.25) is 0 Å². The number of aromatic nitrogens is 4. The van der Waals surface area contributed by atoms with Crippen molar-refractivity contribution in [2.45, 2.75) is 38.1 Å². The molecule has 25 heavy (non-hydrogen) atoms. The highest BCUT2D eigenvalue weighted by Crippen LogP contribution is 2.35. The van der Waals surface area contributed by atoms with Crippen molar-refractivity contribution in [2.24, 2.45) is 0 Å². The standard InChI is InChI=1S/C20H21N5/c1-2-6-14(7-3-1)23-20-19(24-18-13-21-10-11-25(18)20)16-12-22-17-9-5-4-8-15(16)17/h4-5,8-14,22-23H,1-3,6-7H2. The molecular weight excluding hydrogens is 310 g/mol. The van der Waals surface area contributed by atoms with Gasteiger partial charge in [0.15, 0.2) is 5.65 Å². The van der Waals surface area contributed by atoms with Gasteiger partial charge in [0.25, 0.3) is 0 Å². The molecule has 0 saturated heterocycles. The summed E-state index contributed by atoms with van der Waals surface area (Å²) in [5.41, 5.74) is 4.14. The van der Waals surface area contributed by atoms with Crippen LogP contribution in [0.5, 0.6) is 0 Å².